The summed E-state index contributed by atoms with van der Waals surface area (Å²) in [6.45, 7) is 0. The Labute approximate surface area is 189 Å². The quantitative estimate of drug-likeness (QED) is 0.415. The van der Waals surface area contributed by atoms with Gasteiger partial charge in [-0.15, -0.1) is 0 Å². The number of halogens is 2. The van der Waals surface area contributed by atoms with E-state index in [1.165, 1.54) is 6.07 Å². The molecule has 33 heavy (non-hydrogen) atoms. The van der Waals surface area contributed by atoms with Crippen molar-refractivity contribution in [2.45, 2.75) is 19.3 Å². The molecule has 1 heterocycles. The number of anilines is 1. The minimum Gasteiger partial charge on any atom is -0.508 e. The van der Waals surface area contributed by atoms with E-state index in [0.29, 0.717) is 35.6 Å². The second-order valence-electron chi connectivity index (χ2n) is 7.56. The summed E-state index contributed by atoms with van der Waals surface area (Å²) in [6.07, 6.45) is 2.65. The zero-order chi connectivity index (χ0) is 23.2. The molecule has 0 atom stereocenters. The first kappa shape index (κ1) is 22.1. The lowest BCUT2D eigenvalue weighted by atomic mass is 10.1. The summed E-state index contributed by atoms with van der Waals surface area (Å²) in [5, 5.41) is 12.3. The fraction of sp³-hybridized carbons (Fsp3) is 0.115. The van der Waals surface area contributed by atoms with Gasteiger partial charge < -0.3 is 10.4 Å². The van der Waals surface area contributed by atoms with Crippen LogP contribution in [0.1, 0.15) is 16.8 Å². The number of rotatable bonds is 7. The topological polar surface area (TPSA) is 75.1 Å². The lowest BCUT2D eigenvalue weighted by molar-refractivity contribution is -0.115. The van der Waals surface area contributed by atoms with E-state index in [0.717, 1.165) is 23.3 Å². The van der Waals surface area contributed by atoms with E-state index in [-0.39, 0.29) is 12.2 Å². The molecule has 1 amide bonds. The molecule has 4 aromatic rings. The lowest BCUT2D eigenvalue weighted by Gasteiger charge is -2.12. The summed E-state index contributed by atoms with van der Waals surface area (Å²) in [4.78, 5) is 21.7. The molecule has 3 aromatic carbocycles. The predicted molar refractivity (Wildman–Crippen MR) is 122 cm³/mol. The van der Waals surface area contributed by atoms with Gasteiger partial charge in [-0.2, -0.15) is 0 Å². The van der Waals surface area contributed by atoms with Gasteiger partial charge in [0.25, 0.3) is 0 Å². The molecule has 4 rings (SSSR count). The van der Waals surface area contributed by atoms with E-state index in [1.807, 2.05) is 30.3 Å². The highest BCUT2D eigenvalue weighted by molar-refractivity contribution is 5.92. The first-order valence-corrected chi connectivity index (χ1v) is 10.4. The van der Waals surface area contributed by atoms with Crippen molar-refractivity contribution in [3.8, 4) is 17.0 Å². The van der Waals surface area contributed by atoms with Crippen LogP contribution in [0.4, 0.5) is 14.6 Å². The minimum absolute atomic E-state index is 0.128. The number of aromatic hydroxyl groups is 1. The van der Waals surface area contributed by atoms with Crippen molar-refractivity contribution in [2.75, 3.05) is 5.32 Å². The molecule has 0 aliphatic rings. The monoisotopic (exact) mass is 445 g/mol. The first-order valence-electron chi connectivity index (χ1n) is 10.4. The maximum Gasteiger partial charge on any atom is 0.229 e. The van der Waals surface area contributed by atoms with Gasteiger partial charge in [-0.3, -0.25) is 4.79 Å². The molecule has 166 valence electrons. The molecule has 0 unspecified atom stereocenters. The summed E-state index contributed by atoms with van der Waals surface area (Å²) >= 11 is 0. The van der Waals surface area contributed by atoms with E-state index in [9.17, 15) is 18.7 Å². The van der Waals surface area contributed by atoms with E-state index in [1.54, 1.807) is 30.5 Å². The molecule has 0 spiro atoms. The molecule has 2 N–H and O–H groups in total. The molecule has 7 heteroatoms. The molecule has 0 saturated carbocycles. The summed E-state index contributed by atoms with van der Waals surface area (Å²) in [6, 6.07) is 19.9. The number of nitrogens with one attached hydrogen (secondary N) is 1. The Balaban J connectivity index is 1.57. The molecule has 5 nitrogen and oxygen atoms in total. The van der Waals surface area contributed by atoms with E-state index in [2.05, 4.69) is 10.3 Å². The van der Waals surface area contributed by atoms with Crippen LogP contribution in [0.5, 0.6) is 5.75 Å². The number of carbonyl (C=O) groups is 1. The number of carbonyl (C=O) groups excluding carboxylic acids is 1. The Morgan fingerprint density at radius 1 is 0.879 bits per heavy atom. The second kappa shape index (κ2) is 9.99. The van der Waals surface area contributed by atoms with E-state index in [4.69, 9.17) is 4.98 Å². The van der Waals surface area contributed by atoms with E-state index < -0.39 is 17.5 Å². The molecule has 0 bridgehead atoms. The van der Waals surface area contributed by atoms with Crippen LogP contribution in [0.3, 0.4) is 0 Å². The Hall–Kier alpha value is -4.13. The third-order valence-electron chi connectivity index (χ3n) is 5.11. The molecule has 0 aliphatic heterocycles. The molecule has 0 aliphatic carbocycles. The van der Waals surface area contributed by atoms with Crippen LogP contribution < -0.4 is 5.32 Å². The third kappa shape index (κ3) is 5.77. The normalized spacial score (nSPS) is 10.7. The number of amides is 1. The van der Waals surface area contributed by atoms with Crippen molar-refractivity contribution in [3.63, 3.8) is 0 Å². The van der Waals surface area contributed by atoms with Crippen molar-refractivity contribution in [1.29, 1.82) is 0 Å². The van der Waals surface area contributed by atoms with Gasteiger partial charge in [0.2, 0.25) is 5.91 Å². The largest absolute Gasteiger partial charge is 0.508 e. The zero-order valence-corrected chi connectivity index (χ0v) is 17.6. The second-order valence-corrected chi connectivity index (χ2v) is 7.56. The van der Waals surface area contributed by atoms with E-state index >= 15 is 0 Å². The third-order valence-corrected chi connectivity index (χ3v) is 5.11. The van der Waals surface area contributed by atoms with Crippen molar-refractivity contribution >= 4 is 11.7 Å². The SMILES string of the molecule is O=C(Cc1ccc(F)c(F)c1)Nc1ncc(-c2ccc(O)cc2)nc1CCc1ccccc1. The van der Waals surface area contributed by atoms with Gasteiger partial charge in [-0.1, -0.05) is 36.4 Å². The molecule has 1 aromatic heterocycles. The van der Waals surface area contributed by atoms with Crippen LogP contribution in [0.25, 0.3) is 11.3 Å². The van der Waals surface area contributed by atoms with Crippen molar-refractivity contribution in [3.05, 3.63) is 107 Å². The Morgan fingerprint density at radius 3 is 2.36 bits per heavy atom. The highest BCUT2D eigenvalue weighted by atomic mass is 19.2. The van der Waals surface area contributed by atoms with Gasteiger partial charge in [-0.05, 0) is 60.4 Å². The Morgan fingerprint density at radius 2 is 1.64 bits per heavy atom. The fourth-order valence-electron chi connectivity index (χ4n) is 3.40. The summed E-state index contributed by atoms with van der Waals surface area (Å²) in [5.74, 6) is -1.90. The van der Waals surface area contributed by atoms with Crippen LogP contribution in [0.2, 0.25) is 0 Å². The maximum atomic E-state index is 13.5. The van der Waals surface area contributed by atoms with Gasteiger partial charge in [-0.25, -0.2) is 18.7 Å². The van der Waals surface area contributed by atoms with Crippen LogP contribution >= 0.6 is 0 Å². The van der Waals surface area contributed by atoms with Crippen molar-refractivity contribution in [1.82, 2.24) is 9.97 Å². The number of aromatic nitrogens is 2. The molecule has 0 radical (unpaired) electrons. The summed E-state index contributed by atoms with van der Waals surface area (Å²) < 4.78 is 26.6. The van der Waals surface area contributed by atoms with Crippen molar-refractivity contribution < 1.29 is 18.7 Å². The van der Waals surface area contributed by atoms with Crippen LogP contribution in [0, 0.1) is 11.6 Å². The number of nitrogens with zero attached hydrogens (tertiary/aromatic N) is 2. The molecule has 0 fully saturated rings. The summed E-state index contributed by atoms with van der Waals surface area (Å²) in [7, 11) is 0. The number of phenolic OH excluding ortho intramolecular Hbond substituents is 1. The Kier molecular flexibility index (Phi) is 6.69. The number of aryl methyl sites for hydroxylation is 2. The number of hydrogen-bond acceptors (Lipinski definition) is 4. The smallest absolute Gasteiger partial charge is 0.229 e. The number of benzene rings is 3. The number of phenols is 1. The standard InChI is InChI=1S/C26H21F2N3O2/c27-21-12-6-18(14-22(21)28)15-25(33)31-26-23(13-7-17-4-2-1-3-5-17)30-24(16-29-26)19-8-10-20(32)11-9-19/h1-6,8-12,14,16,32H,7,13,15H2,(H,29,31,33). The minimum atomic E-state index is -0.998. The van der Waals surface area contributed by atoms with Crippen LogP contribution in [0.15, 0.2) is 79.0 Å². The highest BCUT2D eigenvalue weighted by Crippen LogP contribution is 2.23. The molecular weight excluding hydrogens is 424 g/mol. The van der Waals surface area contributed by atoms with Gasteiger partial charge >= 0.3 is 0 Å². The van der Waals surface area contributed by atoms with Crippen molar-refractivity contribution in [2.24, 2.45) is 0 Å². The van der Waals surface area contributed by atoms with Crippen LogP contribution in [-0.2, 0) is 24.1 Å². The van der Waals surface area contributed by atoms with Crippen LogP contribution in [-0.4, -0.2) is 21.0 Å². The summed E-state index contributed by atoms with van der Waals surface area (Å²) in [5.41, 5.74) is 3.46. The van der Waals surface area contributed by atoms with Gasteiger partial charge in [0.15, 0.2) is 17.5 Å². The van der Waals surface area contributed by atoms with Gasteiger partial charge in [0.1, 0.15) is 5.75 Å². The Bertz CT molecular complexity index is 1260. The lowest BCUT2D eigenvalue weighted by Crippen LogP contribution is -2.18. The predicted octanol–water partition coefficient (Wildman–Crippen LogP) is 5.09. The molecule has 0 saturated heterocycles. The average molecular weight is 445 g/mol. The average Bonchev–Trinajstić information content (AvgIpc) is 2.82. The van der Waals surface area contributed by atoms with Gasteiger partial charge in [0.05, 0.1) is 24.0 Å². The maximum absolute atomic E-state index is 13.5. The zero-order valence-electron chi connectivity index (χ0n) is 17.6. The van der Waals surface area contributed by atoms with Gasteiger partial charge in [0, 0.05) is 5.56 Å². The number of hydrogen-bond donors (Lipinski definition) is 2. The first-order chi connectivity index (χ1) is 16.0. The fourth-order valence-corrected chi connectivity index (χ4v) is 3.40. The molecular formula is C26H21F2N3O2. The highest BCUT2D eigenvalue weighted by Gasteiger charge is 2.14.